The van der Waals surface area contributed by atoms with E-state index in [-0.39, 0.29) is 0 Å². The maximum absolute atomic E-state index is 4.93. The summed E-state index contributed by atoms with van der Waals surface area (Å²) in [6, 6.07) is 10.8. The van der Waals surface area contributed by atoms with Crippen LogP contribution in [0.3, 0.4) is 0 Å². The molecule has 0 radical (unpaired) electrons. The normalized spacial score (nSPS) is 9.88. The summed E-state index contributed by atoms with van der Waals surface area (Å²) in [4.78, 5) is 0. The molecule has 0 bridgehead atoms. The van der Waals surface area contributed by atoms with Gasteiger partial charge in [-0.05, 0) is 6.92 Å². The second-order valence-corrected chi connectivity index (χ2v) is 10.6. The predicted molar refractivity (Wildman–Crippen MR) is 116 cm³/mol. The van der Waals surface area contributed by atoms with Crippen molar-refractivity contribution in [1.29, 1.82) is 0 Å². The van der Waals surface area contributed by atoms with Crippen molar-refractivity contribution in [2.75, 3.05) is 0 Å². The van der Waals surface area contributed by atoms with Gasteiger partial charge in [0.2, 0.25) is 0 Å². The number of rotatable bonds is 2. The van der Waals surface area contributed by atoms with Gasteiger partial charge in [-0.3, -0.25) is 0 Å². The van der Waals surface area contributed by atoms with Crippen LogP contribution in [0.1, 0.15) is 52.3 Å². The predicted octanol–water partition coefficient (Wildman–Crippen LogP) is 8.14. The molecule has 0 saturated carbocycles. The molecule has 0 unspecified atom stereocenters. The minimum atomic E-state index is -0.826. The molecule has 0 N–H and O–H groups in total. The molecule has 3 heteroatoms. The Balaban J connectivity index is 0.000000227. The number of fused-ring (bicyclic) bond motifs is 1. The number of aryl methyl sites for hydroxylation is 2. The van der Waals surface area contributed by atoms with Crippen molar-refractivity contribution in [3.63, 3.8) is 0 Å². The Hall–Kier alpha value is -0.357. The van der Waals surface area contributed by atoms with Crippen molar-refractivity contribution < 1.29 is 20.8 Å². The molecule has 26 heavy (non-hydrogen) atoms. The zero-order chi connectivity index (χ0) is 19.9. The van der Waals surface area contributed by atoms with E-state index < -0.39 is 20.8 Å². The van der Waals surface area contributed by atoms with E-state index in [9.17, 15) is 0 Å². The summed E-state index contributed by atoms with van der Waals surface area (Å²) in [6.07, 6.45) is 2.50. The van der Waals surface area contributed by atoms with E-state index in [2.05, 4.69) is 78.8 Å². The first-order chi connectivity index (χ1) is 12.3. The fourth-order valence-corrected chi connectivity index (χ4v) is 3.46. The molecule has 3 aromatic rings. The minimum absolute atomic E-state index is 0.826. The van der Waals surface area contributed by atoms with Crippen molar-refractivity contribution in [3.8, 4) is 0 Å². The van der Waals surface area contributed by atoms with Crippen LogP contribution in [0.2, 0.25) is 0 Å². The molecule has 0 aliphatic heterocycles. The zero-order valence-corrected chi connectivity index (χ0v) is 21.0. The molecule has 0 aromatic heterocycles. The van der Waals surface area contributed by atoms with E-state index in [1.807, 2.05) is 0 Å². The van der Waals surface area contributed by atoms with Crippen LogP contribution in [-0.4, -0.2) is 0 Å². The van der Waals surface area contributed by atoms with Gasteiger partial charge >= 0.3 is 37.9 Å². The van der Waals surface area contributed by atoms with Crippen LogP contribution in [0.4, 0.5) is 0 Å². The Morgan fingerprint density at radius 3 is 2.00 bits per heavy atom. The molecule has 0 aliphatic rings. The molecule has 3 aromatic carbocycles. The molecule has 0 aliphatic carbocycles. The summed E-state index contributed by atoms with van der Waals surface area (Å²) >= 11 is -0.826. The molecular weight excluding hydrogens is 438 g/mol. The van der Waals surface area contributed by atoms with Crippen LogP contribution >= 0.6 is 17.0 Å². The summed E-state index contributed by atoms with van der Waals surface area (Å²) in [6.45, 7) is 15.5. The molecule has 140 valence electrons. The first kappa shape index (κ1) is 23.7. The second-order valence-electron chi connectivity index (χ2n) is 6.85. The third-order valence-corrected chi connectivity index (χ3v) is 5.34. The van der Waals surface area contributed by atoms with E-state index in [1.165, 1.54) is 57.0 Å². The van der Waals surface area contributed by atoms with Crippen molar-refractivity contribution in [3.05, 3.63) is 69.3 Å². The van der Waals surface area contributed by atoms with E-state index >= 15 is 0 Å². The van der Waals surface area contributed by atoms with Gasteiger partial charge in [-0.1, -0.05) is 66.0 Å². The number of benzene rings is 1. The third kappa shape index (κ3) is 5.82. The molecule has 0 amide bonds. The maximum atomic E-state index is 4.93. The fraction of sp³-hybridized carbons (Fsp3) is 0.391. The summed E-state index contributed by atoms with van der Waals surface area (Å²) in [5.41, 5.74) is 10.4. The quantitative estimate of drug-likeness (QED) is 0.333. The van der Waals surface area contributed by atoms with Crippen LogP contribution in [0.5, 0.6) is 0 Å². The van der Waals surface area contributed by atoms with Gasteiger partial charge < -0.3 is 0 Å². The molecule has 0 saturated heterocycles. The monoisotopic (exact) mass is 466 g/mol. The van der Waals surface area contributed by atoms with E-state index in [0.29, 0.717) is 0 Å². The van der Waals surface area contributed by atoms with Gasteiger partial charge in [-0.15, -0.1) is 28.5 Å². The molecule has 0 spiro atoms. The molecule has 0 heterocycles. The van der Waals surface area contributed by atoms with Crippen molar-refractivity contribution in [2.45, 2.75) is 61.3 Å². The van der Waals surface area contributed by atoms with Crippen molar-refractivity contribution >= 4 is 27.8 Å². The molecule has 3 rings (SSSR count). The Bertz CT molecular complexity index is 763. The van der Waals surface area contributed by atoms with E-state index in [4.69, 9.17) is 17.0 Å². The zero-order valence-electron chi connectivity index (χ0n) is 17.1. The standard InChI is InChI=1S/C12H19.C11H11.2ClH.Zr/c1-6-7-12-10(4)8(2)9(3)11(12)5;1-8-6-7-9(2)11-5-3-4-10(8)11;;;/h6-7H2,1-5H3;3-7H,1-2H3;2*1H;/q2*-1;;;+4/p-2. The summed E-state index contributed by atoms with van der Waals surface area (Å²) in [5.74, 6) is 0. The average molecular weight is 469 g/mol. The number of halogens is 2. The van der Waals surface area contributed by atoms with Gasteiger partial charge in [0.15, 0.2) is 0 Å². The third-order valence-electron chi connectivity index (χ3n) is 5.34. The molecule has 0 atom stereocenters. The van der Waals surface area contributed by atoms with Gasteiger partial charge in [0.25, 0.3) is 0 Å². The average Bonchev–Trinajstić information content (AvgIpc) is 3.18. The van der Waals surface area contributed by atoms with Crippen LogP contribution in [0.15, 0.2) is 30.3 Å². The fourth-order valence-electron chi connectivity index (χ4n) is 3.46. The van der Waals surface area contributed by atoms with Crippen LogP contribution in [0, 0.1) is 41.5 Å². The van der Waals surface area contributed by atoms with Crippen molar-refractivity contribution in [1.82, 2.24) is 0 Å². The summed E-state index contributed by atoms with van der Waals surface area (Å²) in [5, 5.41) is 2.79. The number of hydrogen-bond donors (Lipinski definition) is 0. The Kier molecular flexibility index (Phi) is 10.5. The molecule has 0 fully saturated rings. The van der Waals surface area contributed by atoms with E-state index in [0.717, 1.165) is 0 Å². The Morgan fingerprint density at radius 2 is 1.54 bits per heavy atom. The molecular formula is C23H30Cl2Zr. The second kappa shape index (κ2) is 11.5. The van der Waals surface area contributed by atoms with Gasteiger partial charge in [-0.2, -0.15) is 39.9 Å². The van der Waals surface area contributed by atoms with Crippen LogP contribution in [-0.2, 0) is 27.3 Å². The summed E-state index contributed by atoms with van der Waals surface area (Å²) < 4.78 is 0. The Labute approximate surface area is 178 Å². The van der Waals surface area contributed by atoms with Crippen LogP contribution < -0.4 is 0 Å². The van der Waals surface area contributed by atoms with Gasteiger partial charge in [0.1, 0.15) is 0 Å². The van der Waals surface area contributed by atoms with Gasteiger partial charge in [0, 0.05) is 0 Å². The van der Waals surface area contributed by atoms with E-state index in [1.54, 1.807) is 5.56 Å². The SMILES string of the molecule is CCCc1c(C)c(C)c(C)[c-]1C.Cc1ccc(C)c2[cH-]ccc12.[Cl][Zr+2][Cl]. The number of hydrogen-bond acceptors (Lipinski definition) is 0. The van der Waals surface area contributed by atoms with Crippen molar-refractivity contribution in [2.24, 2.45) is 0 Å². The van der Waals surface area contributed by atoms with Gasteiger partial charge in [-0.25, -0.2) is 0 Å². The van der Waals surface area contributed by atoms with Gasteiger partial charge in [0.05, 0.1) is 0 Å². The molecule has 0 nitrogen and oxygen atoms in total. The topological polar surface area (TPSA) is 0 Å². The van der Waals surface area contributed by atoms with Crippen LogP contribution in [0.25, 0.3) is 10.8 Å². The summed E-state index contributed by atoms with van der Waals surface area (Å²) in [7, 11) is 9.87. The Morgan fingerprint density at radius 1 is 0.962 bits per heavy atom. The first-order valence-electron chi connectivity index (χ1n) is 9.09. The first-order valence-corrected chi connectivity index (χ1v) is 15.4.